The molecule has 2 heterocycles. The molecule has 5 heteroatoms. The van der Waals surface area contributed by atoms with Crippen molar-refractivity contribution in [3.63, 3.8) is 0 Å². The van der Waals surface area contributed by atoms with Crippen LogP contribution >= 0.6 is 11.8 Å². The van der Waals surface area contributed by atoms with E-state index in [-0.39, 0.29) is 22.4 Å². The van der Waals surface area contributed by atoms with Gasteiger partial charge >= 0.3 is 0 Å². The summed E-state index contributed by atoms with van der Waals surface area (Å²) in [5, 5.41) is 0. The average Bonchev–Trinajstić information content (AvgIpc) is 2.92. The first-order valence-corrected chi connectivity index (χ1v) is 7.36. The van der Waals surface area contributed by atoms with Gasteiger partial charge in [0.2, 0.25) is 0 Å². The van der Waals surface area contributed by atoms with Crippen LogP contribution in [-0.4, -0.2) is 34.0 Å². The smallest absolute Gasteiger partial charge is 0.261 e. The van der Waals surface area contributed by atoms with Gasteiger partial charge in [-0.25, -0.2) is 0 Å². The molecule has 0 radical (unpaired) electrons. The highest BCUT2D eigenvalue weighted by Crippen LogP contribution is 2.46. The van der Waals surface area contributed by atoms with E-state index in [1.807, 2.05) is 6.07 Å². The van der Waals surface area contributed by atoms with E-state index in [2.05, 4.69) is 11.9 Å². The minimum atomic E-state index is -0.248. The minimum Gasteiger partial charge on any atom is -0.328 e. The van der Waals surface area contributed by atoms with Gasteiger partial charge in [0.15, 0.2) is 0 Å². The fourth-order valence-corrected chi connectivity index (χ4v) is 3.14. The number of nitrogens with one attached hydrogen (secondary N) is 1. The number of carbonyl (C=O) groups is 1. The molecule has 18 heavy (non-hydrogen) atoms. The highest BCUT2D eigenvalue weighted by atomic mass is 32.2. The lowest BCUT2D eigenvalue weighted by molar-refractivity contribution is 0.0801. The van der Waals surface area contributed by atoms with Crippen molar-refractivity contribution in [3.8, 4) is 0 Å². The Labute approximate surface area is 110 Å². The Bertz CT molecular complexity index is 542. The maximum absolute atomic E-state index is 12.1. The number of thioether (sulfide) groups is 1. The molecule has 0 unspecified atom stereocenters. The molecule has 1 aliphatic carbocycles. The zero-order valence-electron chi connectivity index (χ0n) is 10.4. The van der Waals surface area contributed by atoms with Crippen LogP contribution in [0.3, 0.4) is 0 Å². The third kappa shape index (κ3) is 1.96. The van der Waals surface area contributed by atoms with Crippen molar-refractivity contribution >= 4 is 17.7 Å². The van der Waals surface area contributed by atoms with Crippen molar-refractivity contribution in [3.05, 3.63) is 33.7 Å². The van der Waals surface area contributed by atoms with Crippen LogP contribution in [0.15, 0.2) is 16.9 Å². The second-order valence-corrected chi connectivity index (χ2v) is 6.36. The Balaban J connectivity index is 1.89. The summed E-state index contributed by atoms with van der Waals surface area (Å²) in [4.78, 5) is 28.7. The van der Waals surface area contributed by atoms with Crippen molar-refractivity contribution in [1.29, 1.82) is 0 Å². The van der Waals surface area contributed by atoms with Gasteiger partial charge in [-0.15, -0.1) is 11.8 Å². The second-order valence-electron chi connectivity index (χ2n) is 5.28. The SMILES string of the molecule is CC1(c2ccc(C(=O)N3CCSC3)c(=O)[nH]2)CC1. The normalized spacial score (nSPS) is 21.1. The van der Waals surface area contributed by atoms with Gasteiger partial charge in [0.05, 0.1) is 5.88 Å². The van der Waals surface area contributed by atoms with E-state index < -0.39 is 0 Å². The third-order valence-corrected chi connectivity index (χ3v) is 4.80. The number of nitrogens with zero attached hydrogens (tertiary/aromatic N) is 1. The van der Waals surface area contributed by atoms with E-state index in [9.17, 15) is 9.59 Å². The summed E-state index contributed by atoms with van der Waals surface area (Å²) in [5.41, 5.74) is 1.11. The van der Waals surface area contributed by atoms with Gasteiger partial charge in [0.1, 0.15) is 5.56 Å². The highest BCUT2D eigenvalue weighted by Gasteiger charge is 2.40. The van der Waals surface area contributed by atoms with Gasteiger partial charge in [-0.1, -0.05) is 6.92 Å². The number of hydrogen-bond acceptors (Lipinski definition) is 3. The Morgan fingerprint density at radius 3 is 2.78 bits per heavy atom. The zero-order valence-corrected chi connectivity index (χ0v) is 11.2. The summed E-state index contributed by atoms with van der Waals surface area (Å²) >= 11 is 1.72. The molecule has 3 rings (SSSR count). The van der Waals surface area contributed by atoms with Crippen LogP contribution < -0.4 is 5.56 Å². The van der Waals surface area contributed by atoms with Crippen LogP contribution in [0, 0.1) is 0 Å². The molecule has 0 spiro atoms. The van der Waals surface area contributed by atoms with Crippen LogP contribution in [-0.2, 0) is 5.41 Å². The van der Waals surface area contributed by atoms with E-state index >= 15 is 0 Å². The Morgan fingerprint density at radius 2 is 2.22 bits per heavy atom. The number of amides is 1. The largest absolute Gasteiger partial charge is 0.328 e. The molecular formula is C13H16N2O2S. The summed E-state index contributed by atoms with van der Waals surface area (Å²) in [7, 11) is 0. The van der Waals surface area contributed by atoms with Crippen molar-refractivity contribution < 1.29 is 4.79 Å². The molecule has 1 amide bonds. The van der Waals surface area contributed by atoms with Gasteiger partial charge in [-0.05, 0) is 25.0 Å². The monoisotopic (exact) mass is 264 g/mol. The molecule has 96 valence electrons. The zero-order chi connectivity index (χ0) is 12.8. The molecule has 4 nitrogen and oxygen atoms in total. The number of aromatic amines is 1. The Kier molecular flexibility index (Phi) is 2.73. The topological polar surface area (TPSA) is 53.2 Å². The fourth-order valence-electron chi connectivity index (χ4n) is 2.20. The summed E-state index contributed by atoms with van der Waals surface area (Å²) in [5.74, 6) is 1.51. The molecule has 1 saturated carbocycles. The molecule has 1 saturated heterocycles. The predicted octanol–water partition coefficient (Wildman–Crippen LogP) is 1.57. The summed E-state index contributed by atoms with van der Waals surface area (Å²) in [6, 6.07) is 3.58. The van der Waals surface area contributed by atoms with Gasteiger partial charge in [-0.2, -0.15) is 0 Å². The number of carbonyl (C=O) groups excluding carboxylic acids is 1. The molecule has 0 atom stereocenters. The van der Waals surface area contributed by atoms with E-state index in [0.29, 0.717) is 5.88 Å². The molecule has 2 aliphatic rings. The van der Waals surface area contributed by atoms with Crippen LogP contribution in [0.5, 0.6) is 0 Å². The maximum Gasteiger partial charge on any atom is 0.261 e. The Morgan fingerprint density at radius 1 is 1.44 bits per heavy atom. The van der Waals surface area contributed by atoms with Gasteiger partial charge in [-0.3, -0.25) is 9.59 Å². The van der Waals surface area contributed by atoms with E-state index in [1.54, 1.807) is 22.7 Å². The van der Waals surface area contributed by atoms with Crippen molar-refractivity contribution in [1.82, 2.24) is 9.88 Å². The number of pyridine rings is 1. The fraction of sp³-hybridized carbons (Fsp3) is 0.538. The maximum atomic E-state index is 12.1. The lowest BCUT2D eigenvalue weighted by Crippen LogP contribution is -2.33. The first kappa shape index (κ1) is 11.8. The van der Waals surface area contributed by atoms with Crippen molar-refractivity contribution in [2.24, 2.45) is 0 Å². The van der Waals surface area contributed by atoms with Gasteiger partial charge in [0.25, 0.3) is 11.5 Å². The van der Waals surface area contributed by atoms with Crippen LogP contribution in [0.4, 0.5) is 0 Å². The van der Waals surface area contributed by atoms with Gasteiger partial charge < -0.3 is 9.88 Å². The summed E-state index contributed by atoms with van der Waals surface area (Å²) in [6.45, 7) is 2.87. The molecule has 2 fully saturated rings. The summed E-state index contributed by atoms with van der Waals surface area (Å²) < 4.78 is 0. The number of aromatic nitrogens is 1. The quantitative estimate of drug-likeness (QED) is 0.882. The van der Waals surface area contributed by atoms with Crippen LogP contribution in [0.2, 0.25) is 0 Å². The molecule has 1 aromatic rings. The lowest BCUT2D eigenvalue weighted by Gasteiger charge is -2.14. The minimum absolute atomic E-state index is 0.129. The predicted molar refractivity (Wildman–Crippen MR) is 72.0 cm³/mol. The molecule has 0 bridgehead atoms. The summed E-state index contributed by atoms with van der Waals surface area (Å²) in [6.07, 6.45) is 2.22. The van der Waals surface area contributed by atoms with E-state index in [0.717, 1.165) is 30.8 Å². The number of rotatable bonds is 2. The lowest BCUT2D eigenvalue weighted by atomic mass is 10.0. The third-order valence-electron chi connectivity index (χ3n) is 3.83. The van der Waals surface area contributed by atoms with Crippen molar-refractivity contribution in [2.75, 3.05) is 18.2 Å². The number of hydrogen-bond donors (Lipinski definition) is 1. The highest BCUT2D eigenvalue weighted by molar-refractivity contribution is 7.99. The molecule has 1 N–H and O–H groups in total. The van der Waals surface area contributed by atoms with E-state index in [4.69, 9.17) is 0 Å². The number of H-pyrrole nitrogens is 1. The van der Waals surface area contributed by atoms with Crippen LogP contribution in [0.1, 0.15) is 35.8 Å². The van der Waals surface area contributed by atoms with Gasteiger partial charge in [0, 0.05) is 23.4 Å². The van der Waals surface area contributed by atoms with Crippen molar-refractivity contribution in [2.45, 2.75) is 25.2 Å². The molecule has 1 aliphatic heterocycles. The molecule has 0 aromatic carbocycles. The standard InChI is InChI=1S/C13H16N2O2S/c1-13(4-5-13)10-3-2-9(11(16)14-10)12(17)15-6-7-18-8-15/h2-3H,4-8H2,1H3,(H,14,16). The first-order valence-electron chi connectivity index (χ1n) is 6.21. The Hall–Kier alpha value is -1.23. The molecular weight excluding hydrogens is 248 g/mol. The molecule has 1 aromatic heterocycles. The average molecular weight is 264 g/mol. The van der Waals surface area contributed by atoms with Crippen LogP contribution in [0.25, 0.3) is 0 Å². The first-order chi connectivity index (χ1) is 8.60. The second kappa shape index (κ2) is 4.16. The van der Waals surface area contributed by atoms with E-state index in [1.165, 1.54) is 0 Å².